The van der Waals surface area contributed by atoms with E-state index in [2.05, 4.69) is 20.9 Å². The molecule has 0 saturated carbocycles. The van der Waals surface area contributed by atoms with Crippen LogP contribution in [0.2, 0.25) is 0 Å². The lowest BCUT2D eigenvalue weighted by molar-refractivity contribution is 0.580. The topological polar surface area (TPSA) is 12.9 Å². The van der Waals surface area contributed by atoms with Crippen LogP contribution in [0.5, 0.6) is 0 Å². The van der Waals surface area contributed by atoms with E-state index >= 15 is 0 Å². The molecule has 0 saturated heterocycles. The van der Waals surface area contributed by atoms with Gasteiger partial charge in [-0.3, -0.25) is 0 Å². The molecule has 4 radical (unpaired) electrons. The van der Waals surface area contributed by atoms with Gasteiger partial charge in [0, 0.05) is 24.4 Å². The summed E-state index contributed by atoms with van der Waals surface area (Å²) in [5.74, 6) is -0.640. The van der Waals surface area contributed by atoms with Crippen molar-refractivity contribution in [3.05, 3.63) is 41.6 Å². The minimum atomic E-state index is -0.640. The molecule has 0 spiro atoms. The summed E-state index contributed by atoms with van der Waals surface area (Å²) in [5.41, 5.74) is 0.272. The van der Waals surface area contributed by atoms with E-state index in [0.29, 0.717) is 4.47 Å². The number of nitrogens with zero attached hydrogens (tertiary/aromatic N) is 1. The maximum atomic E-state index is 12.3. The number of hydrogen-bond acceptors (Lipinski definition) is 1. The van der Waals surface area contributed by atoms with Gasteiger partial charge in [0.15, 0.2) is 0 Å². The van der Waals surface area contributed by atoms with Crippen molar-refractivity contribution in [2.24, 2.45) is 0 Å². The van der Waals surface area contributed by atoms with Gasteiger partial charge in [-0.15, -0.1) is 0 Å². The zero-order valence-corrected chi connectivity index (χ0v) is 6.52. The molecule has 0 bridgehead atoms. The first-order valence-electron chi connectivity index (χ1n) is 2.48. The predicted octanol–water partition coefficient (Wildman–Crippen LogP) is 2.10. The van der Waals surface area contributed by atoms with Gasteiger partial charge in [0.05, 0.1) is 5.69 Å². The molecule has 0 N–H and O–H groups in total. The van der Waals surface area contributed by atoms with Gasteiger partial charge in [-0.25, -0.2) is 4.98 Å². The molecule has 1 rings (SSSR count). The Balaban J connectivity index is 3.31. The maximum absolute atomic E-state index is 12.3. The Kier molecular flexibility index (Phi) is 2.04. The lowest BCUT2D eigenvalue weighted by atomic mass is 10.2. The van der Waals surface area contributed by atoms with Crippen molar-refractivity contribution in [1.29, 1.82) is 0 Å². The van der Waals surface area contributed by atoms with Crippen LogP contribution in [0.1, 0.15) is 11.3 Å². The Morgan fingerprint density at radius 2 is 2.10 bits per heavy atom. The molecule has 0 amide bonds. The van der Waals surface area contributed by atoms with Crippen molar-refractivity contribution in [1.82, 2.24) is 4.98 Å². The summed E-state index contributed by atoms with van der Waals surface area (Å²) in [4.78, 5) is 3.29. The monoisotopic (exact) mass is 199 g/mol. The van der Waals surface area contributed by atoms with Crippen molar-refractivity contribution in [3.63, 3.8) is 0 Å². The smallest absolute Gasteiger partial charge is 0.214 e. The number of halogens is 2. The zero-order chi connectivity index (χ0) is 7.72. The van der Waals surface area contributed by atoms with Crippen LogP contribution in [0, 0.1) is 19.8 Å². The molecular weight excluding hydrogens is 197 g/mol. The van der Waals surface area contributed by atoms with Crippen molar-refractivity contribution in [3.8, 4) is 0 Å². The normalized spacial score (nSPS) is 10.0. The fraction of sp³-hybridized carbons (Fsp3) is 0. The van der Waals surface area contributed by atoms with Gasteiger partial charge in [-0.05, 0) is 5.56 Å². The van der Waals surface area contributed by atoms with E-state index in [1.165, 1.54) is 0 Å². The van der Waals surface area contributed by atoms with Crippen LogP contribution in [0.15, 0.2) is 10.5 Å². The molecule has 1 aromatic rings. The van der Waals surface area contributed by atoms with Crippen LogP contribution < -0.4 is 0 Å². The second-order valence-corrected chi connectivity index (χ2v) is 2.58. The molecule has 3 heteroatoms. The Morgan fingerprint density at radius 3 is 2.60 bits per heavy atom. The maximum Gasteiger partial charge on any atom is 0.214 e. The van der Waals surface area contributed by atoms with E-state index in [9.17, 15) is 4.39 Å². The van der Waals surface area contributed by atoms with Gasteiger partial charge in [0.25, 0.3) is 0 Å². The Labute approximate surface area is 67.4 Å². The molecule has 0 unspecified atom stereocenters. The van der Waals surface area contributed by atoms with E-state index in [1.807, 2.05) is 0 Å². The number of hydrogen-bond donors (Lipinski definition) is 0. The quantitative estimate of drug-likeness (QED) is 0.584. The fourth-order valence-electron chi connectivity index (χ4n) is 0.512. The van der Waals surface area contributed by atoms with E-state index in [1.54, 1.807) is 0 Å². The summed E-state index contributed by atoms with van der Waals surface area (Å²) in [7, 11) is 0. The van der Waals surface area contributed by atoms with Gasteiger partial charge in [0.2, 0.25) is 5.95 Å². The highest BCUT2D eigenvalue weighted by Gasteiger charge is 2.02. The molecule has 0 atom stereocenters. The molecule has 1 aromatic heterocycles. The molecule has 1 heterocycles. The molecule has 10 heavy (non-hydrogen) atoms. The van der Waals surface area contributed by atoms with E-state index in [4.69, 9.17) is 13.8 Å². The van der Waals surface area contributed by atoms with E-state index < -0.39 is 5.95 Å². The number of pyridine rings is 1. The van der Waals surface area contributed by atoms with Crippen LogP contribution in [0.4, 0.5) is 4.39 Å². The second kappa shape index (κ2) is 2.66. The second-order valence-electron chi connectivity index (χ2n) is 1.73. The van der Waals surface area contributed by atoms with Crippen molar-refractivity contribution < 1.29 is 4.39 Å². The molecule has 0 aliphatic carbocycles. The summed E-state index contributed by atoms with van der Waals surface area (Å²) < 4.78 is 12.8. The lowest BCUT2D eigenvalue weighted by Crippen LogP contribution is -1.91. The van der Waals surface area contributed by atoms with Gasteiger partial charge >= 0.3 is 0 Å². The van der Waals surface area contributed by atoms with E-state index in [0.717, 1.165) is 6.07 Å². The Hall–Kier alpha value is -0.440. The van der Waals surface area contributed by atoms with Gasteiger partial charge in [-0.1, -0.05) is 15.9 Å². The third kappa shape index (κ3) is 1.34. The first-order valence-corrected chi connectivity index (χ1v) is 3.27. The van der Waals surface area contributed by atoms with Crippen LogP contribution in [-0.2, 0) is 0 Å². The summed E-state index contributed by atoms with van der Waals surface area (Å²) >= 11 is 3.01. The average molecular weight is 200 g/mol. The standard InChI is InChI=1S/C7H3BrFN/c1-4-5(2)10-7(9)3-6(4)8/h1-3H. The third-order valence-electron chi connectivity index (χ3n) is 1.01. The van der Waals surface area contributed by atoms with Gasteiger partial charge in [-0.2, -0.15) is 4.39 Å². The van der Waals surface area contributed by atoms with Crippen molar-refractivity contribution >= 4 is 15.9 Å². The van der Waals surface area contributed by atoms with Crippen LogP contribution in [-0.4, -0.2) is 4.98 Å². The fourth-order valence-corrected chi connectivity index (χ4v) is 0.904. The SMILES string of the molecule is [CH]c1nc(F)cc(Br)c1[CH]. The van der Waals surface area contributed by atoms with Gasteiger partial charge in [0.1, 0.15) is 0 Å². The molecular formula is C7H3BrFN. The minimum absolute atomic E-state index is 0.00637. The molecule has 0 aliphatic rings. The highest BCUT2D eigenvalue weighted by molar-refractivity contribution is 9.10. The largest absolute Gasteiger partial charge is 0.224 e. The zero-order valence-electron chi connectivity index (χ0n) is 4.94. The highest BCUT2D eigenvalue weighted by Crippen LogP contribution is 2.17. The minimum Gasteiger partial charge on any atom is -0.224 e. The van der Waals surface area contributed by atoms with Crippen LogP contribution >= 0.6 is 15.9 Å². The molecule has 0 aromatic carbocycles. The van der Waals surface area contributed by atoms with Crippen molar-refractivity contribution in [2.75, 3.05) is 0 Å². The average Bonchev–Trinajstić information content (AvgIpc) is 1.82. The van der Waals surface area contributed by atoms with Crippen LogP contribution in [0.25, 0.3) is 0 Å². The van der Waals surface area contributed by atoms with Crippen LogP contribution in [0.3, 0.4) is 0 Å². The first kappa shape index (κ1) is 7.66. The third-order valence-corrected chi connectivity index (χ3v) is 1.66. The highest BCUT2D eigenvalue weighted by atomic mass is 79.9. The predicted molar refractivity (Wildman–Crippen MR) is 38.7 cm³/mol. The number of aromatic nitrogens is 1. The summed E-state index contributed by atoms with van der Waals surface area (Å²) in [6.45, 7) is 10.6. The molecule has 0 aliphatic heterocycles. The summed E-state index contributed by atoms with van der Waals surface area (Å²) in [6.07, 6.45) is 0. The molecule has 1 nitrogen and oxygen atoms in total. The molecule has 0 fully saturated rings. The van der Waals surface area contributed by atoms with Crippen molar-refractivity contribution in [2.45, 2.75) is 0 Å². The first-order chi connectivity index (χ1) is 4.61. The van der Waals surface area contributed by atoms with E-state index in [-0.39, 0.29) is 11.3 Å². The summed E-state index contributed by atoms with van der Waals surface area (Å²) in [5, 5.41) is 0. The number of rotatable bonds is 0. The van der Waals surface area contributed by atoms with Gasteiger partial charge < -0.3 is 0 Å². The Morgan fingerprint density at radius 1 is 1.50 bits per heavy atom. The Bertz CT molecular complexity index is 237. The molecule has 50 valence electrons. The summed E-state index contributed by atoms with van der Waals surface area (Å²) in [6, 6.07) is 1.16. The lowest BCUT2D eigenvalue weighted by Gasteiger charge is -1.99.